The second-order valence-corrected chi connectivity index (χ2v) is 16.6. The minimum atomic E-state index is -0.801. The largest absolute Gasteiger partial charge is 0.453 e. The van der Waals surface area contributed by atoms with Crippen LogP contribution in [0.3, 0.4) is 0 Å². The lowest BCUT2D eigenvalue weighted by molar-refractivity contribution is -0.137. The summed E-state index contributed by atoms with van der Waals surface area (Å²) in [5, 5.41) is 14.6. The van der Waals surface area contributed by atoms with Gasteiger partial charge in [-0.3, -0.25) is 14.5 Å². The Kier molecular flexibility index (Phi) is 11.7. The number of likely N-dealkylation sites (N-methyl/N-ethyl adjacent to an activating group) is 1. The molecule has 61 heavy (non-hydrogen) atoms. The number of ether oxygens (including phenoxy) is 1. The first-order valence-electron chi connectivity index (χ1n) is 20.8. The number of nitriles is 1. The molecule has 0 bridgehead atoms. The zero-order valence-electron chi connectivity index (χ0n) is 35.1. The summed E-state index contributed by atoms with van der Waals surface area (Å²) in [6, 6.07) is 31.7. The maximum atomic E-state index is 13.9. The van der Waals surface area contributed by atoms with Gasteiger partial charge in [-0.1, -0.05) is 92.7 Å². The number of carbonyl (C=O) groups is 3. The Morgan fingerprint density at radius 1 is 0.803 bits per heavy atom. The first kappa shape index (κ1) is 41.0. The molecule has 5 unspecified atom stereocenters. The van der Waals surface area contributed by atoms with Gasteiger partial charge in [0.1, 0.15) is 23.7 Å². The van der Waals surface area contributed by atoms with Crippen molar-refractivity contribution in [2.24, 2.45) is 11.8 Å². The third-order valence-electron chi connectivity index (χ3n) is 12.1. The number of nitrogens with zero attached hydrogens (tertiary/aromatic N) is 6. The van der Waals surface area contributed by atoms with Crippen molar-refractivity contribution in [1.82, 2.24) is 40.0 Å². The summed E-state index contributed by atoms with van der Waals surface area (Å²) in [5.41, 5.74) is 6.84. The fourth-order valence-corrected chi connectivity index (χ4v) is 8.82. The monoisotopic (exact) mass is 817 g/mol. The molecule has 0 radical (unpaired) electrons. The molecule has 13 heteroatoms. The van der Waals surface area contributed by atoms with E-state index < -0.39 is 18.2 Å². The highest BCUT2D eigenvalue weighted by Crippen LogP contribution is 2.38. The maximum absolute atomic E-state index is 13.9. The number of hydrogen-bond donors (Lipinski definition) is 3. The molecule has 2 aliphatic rings. The van der Waals surface area contributed by atoms with Crippen molar-refractivity contribution in [3.8, 4) is 39.7 Å². The predicted molar refractivity (Wildman–Crippen MR) is 233 cm³/mol. The average Bonchev–Trinajstić information content (AvgIpc) is 4.12. The van der Waals surface area contributed by atoms with E-state index in [4.69, 9.17) is 9.72 Å². The quantitative estimate of drug-likeness (QED) is 0.118. The fraction of sp³-hybridized carbons (Fsp3) is 0.333. The minimum absolute atomic E-state index is 0.0902. The molecule has 2 aliphatic heterocycles. The Morgan fingerprint density at radius 3 is 2.05 bits per heavy atom. The Balaban J connectivity index is 0.956. The molecule has 3 amide bonds. The lowest BCUT2D eigenvalue weighted by Crippen LogP contribution is -2.51. The van der Waals surface area contributed by atoms with Crippen molar-refractivity contribution < 1.29 is 19.1 Å². The lowest BCUT2D eigenvalue weighted by atomic mass is 9.98. The van der Waals surface area contributed by atoms with Gasteiger partial charge in [-0.05, 0) is 84.4 Å². The van der Waals surface area contributed by atoms with Crippen molar-refractivity contribution >= 4 is 28.7 Å². The van der Waals surface area contributed by atoms with E-state index in [0.29, 0.717) is 18.8 Å². The Labute approximate surface area is 355 Å². The molecule has 4 aromatic carbocycles. The van der Waals surface area contributed by atoms with E-state index in [1.165, 1.54) is 7.11 Å². The first-order chi connectivity index (χ1) is 29.5. The molecule has 13 nitrogen and oxygen atoms in total. The van der Waals surface area contributed by atoms with Crippen LogP contribution in [0.1, 0.15) is 68.4 Å². The van der Waals surface area contributed by atoms with Gasteiger partial charge in [-0.25, -0.2) is 14.8 Å². The number of alkyl carbamates (subject to hydrolysis) is 1. The van der Waals surface area contributed by atoms with Gasteiger partial charge < -0.3 is 29.8 Å². The second kappa shape index (κ2) is 17.4. The Hall–Kier alpha value is -6.78. The number of rotatable bonds is 11. The summed E-state index contributed by atoms with van der Waals surface area (Å²) in [6.07, 6.45) is 5.18. The maximum Gasteiger partial charge on any atom is 0.407 e. The molecule has 8 rings (SSSR count). The zero-order chi connectivity index (χ0) is 42.8. The molecule has 6 aromatic rings. The summed E-state index contributed by atoms with van der Waals surface area (Å²) >= 11 is 0. The molecule has 0 spiro atoms. The fourth-order valence-electron chi connectivity index (χ4n) is 8.82. The summed E-state index contributed by atoms with van der Waals surface area (Å²) in [6.45, 7) is 4.67. The first-order valence-corrected chi connectivity index (χ1v) is 20.8. The second-order valence-electron chi connectivity index (χ2n) is 16.6. The highest BCUT2D eigenvalue weighted by molar-refractivity contribution is 5.91. The van der Waals surface area contributed by atoms with Gasteiger partial charge in [0.25, 0.3) is 0 Å². The van der Waals surface area contributed by atoms with Gasteiger partial charge in [-0.15, -0.1) is 0 Å². The van der Waals surface area contributed by atoms with Crippen LogP contribution < -0.4 is 5.32 Å². The van der Waals surface area contributed by atoms with Crippen LogP contribution in [-0.2, 0) is 14.3 Å². The number of hydrogen-bond acceptors (Lipinski definition) is 8. The van der Waals surface area contributed by atoms with Crippen LogP contribution in [0.2, 0.25) is 0 Å². The van der Waals surface area contributed by atoms with Crippen LogP contribution in [0.15, 0.2) is 103 Å². The molecule has 4 heterocycles. The normalized spacial score (nSPS) is 18.7. The number of aromatic amines is 2. The van der Waals surface area contributed by atoms with E-state index in [0.717, 1.165) is 68.6 Å². The number of carbonyl (C=O) groups excluding carboxylic acids is 3. The SMILES string of the molecule is COC(=O)NC(C(=O)N1CC(C#N)CC1c1ncc(-c2ccc3cc(-c4ccc(-c5cnc(C6CCCN6C(=O)C(c6ccccc6)N(C)C)[nH]5)cc4)ccc3c2)[nH]1)C(C)C. The number of amides is 3. The standard InChI is InChI=1S/C48H51N9O4/c1-29(2)42(54-48(60)61-5)46(58)57-28-30(25-49)22-41(57)45-51-27-39(53-45)37-20-19-35-23-34(17-18-36(35)24-37)31-13-15-32(16-14-31)38-26-50-44(52-38)40-12-9-21-56(40)47(59)43(55(3)4)33-10-7-6-8-11-33/h6-8,10-11,13-20,23-24,26-27,29-30,40-43H,9,12,21-22,28H2,1-5H3,(H,50,52)(H,51,53)(H,54,60). The highest BCUT2D eigenvalue weighted by Gasteiger charge is 2.42. The number of benzene rings is 4. The van der Waals surface area contributed by atoms with Gasteiger partial charge >= 0.3 is 6.09 Å². The van der Waals surface area contributed by atoms with Crippen molar-refractivity contribution in [3.05, 3.63) is 121 Å². The predicted octanol–water partition coefficient (Wildman–Crippen LogP) is 8.05. The third-order valence-corrected chi connectivity index (χ3v) is 12.1. The minimum Gasteiger partial charge on any atom is -0.453 e. The van der Waals surface area contributed by atoms with Crippen LogP contribution in [0.5, 0.6) is 0 Å². The molecule has 0 aliphatic carbocycles. The van der Waals surface area contributed by atoms with Gasteiger partial charge in [0, 0.05) is 18.7 Å². The van der Waals surface area contributed by atoms with Crippen LogP contribution in [0.4, 0.5) is 4.79 Å². The van der Waals surface area contributed by atoms with Crippen LogP contribution in [0.25, 0.3) is 44.4 Å². The lowest BCUT2D eigenvalue weighted by Gasteiger charge is -2.31. The number of aromatic nitrogens is 4. The summed E-state index contributed by atoms with van der Waals surface area (Å²) in [4.78, 5) is 61.8. The number of likely N-dealkylation sites (tertiary alicyclic amines) is 2. The highest BCUT2D eigenvalue weighted by atomic mass is 16.5. The number of imidazole rings is 2. The van der Waals surface area contributed by atoms with Crippen LogP contribution in [-0.4, -0.2) is 92.9 Å². The molecule has 5 atom stereocenters. The van der Waals surface area contributed by atoms with Gasteiger partial charge in [0.2, 0.25) is 11.8 Å². The smallest absolute Gasteiger partial charge is 0.407 e. The Morgan fingerprint density at radius 2 is 1.41 bits per heavy atom. The Bertz CT molecular complexity index is 2580. The number of nitrogens with one attached hydrogen (secondary N) is 3. The average molecular weight is 818 g/mol. The van der Waals surface area contributed by atoms with Gasteiger partial charge in [0.15, 0.2) is 0 Å². The number of H-pyrrole nitrogens is 2. The van der Waals surface area contributed by atoms with Crippen molar-refractivity contribution in [2.45, 2.75) is 57.3 Å². The molecular weight excluding hydrogens is 767 g/mol. The van der Waals surface area contributed by atoms with Crippen LogP contribution >= 0.6 is 0 Å². The van der Waals surface area contributed by atoms with Gasteiger partial charge in [-0.2, -0.15) is 5.26 Å². The van der Waals surface area contributed by atoms with E-state index in [-0.39, 0.29) is 42.3 Å². The zero-order valence-corrected chi connectivity index (χ0v) is 35.1. The van der Waals surface area contributed by atoms with Crippen LogP contribution in [0, 0.1) is 23.2 Å². The number of methoxy groups -OCH3 is 1. The van der Waals surface area contributed by atoms with E-state index >= 15 is 0 Å². The van der Waals surface area contributed by atoms with E-state index in [2.05, 4.69) is 87.0 Å². The van der Waals surface area contributed by atoms with Crippen molar-refractivity contribution in [3.63, 3.8) is 0 Å². The molecule has 0 saturated carbocycles. The van der Waals surface area contributed by atoms with E-state index in [1.807, 2.05) is 74.3 Å². The molecule has 312 valence electrons. The van der Waals surface area contributed by atoms with Crippen molar-refractivity contribution in [2.75, 3.05) is 34.3 Å². The molecule has 2 fully saturated rings. The summed E-state index contributed by atoms with van der Waals surface area (Å²) < 4.78 is 4.76. The van der Waals surface area contributed by atoms with E-state index in [1.54, 1.807) is 11.1 Å². The number of fused-ring (bicyclic) bond motifs is 1. The molecular formula is C48H51N9O4. The topological polar surface area (TPSA) is 163 Å². The summed E-state index contributed by atoms with van der Waals surface area (Å²) in [5.74, 6) is 0.679. The molecule has 2 aromatic heterocycles. The van der Waals surface area contributed by atoms with E-state index in [9.17, 15) is 19.6 Å². The third kappa shape index (κ3) is 8.36. The van der Waals surface area contributed by atoms with Crippen molar-refractivity contribution in [1.29, 1.82) is 5.26 Å². The molecule has 2 saturated heterocycles. The summed E-state index contributed by atoms with van der Waals surface area (Å²) in [7, 11) is 5.16. The van der Waals surface area contributed by atoms with Gasteiger partial charge in [0.05, 0.1) is 55.0 Å². The molecule has 3 N–H and O–H groups in total.